The van der Waals surface area contributed by atoms with E-state index in [2.05, 4.69) is 41.8 Å². The molecule has 0 atom stereocenters. The molecule has 2 nitrogen and oxygen atoms in total. The van der Waals surface area contributed by atoms with E-state index in [-0.39, 0.29) is 5.02 Å². The molecule has 0 unspecified atom stereocenters. The lowest BCUT2D eigenvalue weighted by Crippen LogP contribution is -1.97. The molecule has 2 aromatic rings. The van der Waals surface area contributed by atoms with Gasteiger partial charge in [-0.15, -0.1) is 0 Å². The largest absolute Gasteiger partial charge is 0.233 e. The van der Waals surface area contributed by atoms with E-state index in [1.807, 2.05) is 6.92 Å². The van der Waals surface area contributed by atoms with Crippen molar-refractivity contribution in [2.75, 3.05) is 0 Å². The van der Waals surface area contributed by atoms with Crippen LogP contribution in [0.15, 0.2) is 27.3 Å². The van der Waals surface area contributed by atoms with Crippen molar-refractivity contribution >= 4 is 43.5 Å². The van der Waals surface area contributed by atoms with Crippen molar-refractivity contribution in [2.24, 2.45) is 0 Å². The van der Waals surface area contributed by atoms with E-state index >= 15 is 0 Å². The minimum atomic E-state index is -0.487. The highest BCUT2D eigenvalue weighted by molar-refractivity contribution is 9.10. The summed E-state index contributed by atoms with van der Waals surface area (Å²) in [6.45, 7) is 1.94. The van der Waals surface area contributed by atoms with Gasteiger partial charge in [0, 0.05) is 16.5 Å². The zero-order valence-electron chi connectivity index (χ0n) is 9.35. The average molecular weight is 394 g/mol. The molecular formula is C12H8Br2ClFN2. The summed E-state index contributed by atoms with van der Waals surface area (Å²) in [6, 6.07) is 5.00. The number of aromatic nitrogens is 2. The van der Waals surface area contributed by atoms with Gasteiger partial charge in [0.1, 0.15) is 10.4 Å². The Kier molecular flexibility index (Phi) is 4.35. The van der Waals surface area contributed by atoms with Crippen molar-refractivity contribution in [3.8, 4) is 11.3 Å². The predicted molar refractivity (Wildman–Crippen MR) is 77.2 cm³/mol. The number of hydrogen-bond acceptors (Lipinski definition) is 2. The van der Waals surface area contributed by atoms with Gasteiger partial charge in [0.2, 0.25) is 0 Å². The molecule has 0 radical (unpaired) electrons. The van der Waals surface area contributed by atoms with E-state index in [4.69, 9.17) is 11.6 Å². The van der Waals surface area contributed by atoms with Crippen LogP contribution in [-0.2, 0) is 6.42 Å². The lowest BCUT2D eigenvalue weighted by molar-refractivity contribution is 0.630. The second-order valence-electron chi connectivity index (χ2n) is 3.57. The maximum Gasteiger partial charge on any atom is 0.152 e. The van der Waals surface area contributed by atoms with Gasteiger partial charge in [0.25, 0.3) is 0 Å². The van der Waals surface area contributed by atoms with Gasteiger partial charge in [-0.05, 0) is 50.1 Å². The first-order valence-electron chi connectivity index (χ1n) is 5.20. The summed E-state index contributed by atoms with van der Waals surface area (Å²) in [4.78, 5) is 8.49. The van der Waals surface area contributed by atoms with Gasteiger partial charge in [-0.3, -0.25) is 0 Å². The number of nitrogens with zero attached hydrogens (tertiary/aromatic N) is 2. The molecule has 2 rings (SSSR count). The molecule has 18 heavy (non-hydrogen) atoms. The van der Waals surface area contributed by atoms with E-state index in [0.717, 1.165) is 0 Å². The molecule has 94 valence electrons. The normalized spacial score (nSPS) is 10.7. The SMILES string of the molecule is CCc1nc(Br)cc(-c2ccc(Br)c(Cl)c2F)n1. The van der Waals surface area contributed by atoms with Gasteiger partial charge < -0.3 is 0 Å². The Balaban J connectivity index is 2.62. The van der Waals surface area contributed by atoms with Crippen LogP contribution in [0.3, 0.4) is 0 Å². The van der Waals surface area contributed by atoms with Crippen LogP contribution in [0.2, 0.25) is 5.02 Å². The van der Waals surface area contributed by atoms with Crippen LogP contribution in [0.1, 0.15) is 12.7 Å². The molecule has 0 aliphatic rings. The van der Waals surface area contributed by atoms with Gasteiger partial charge >= 0.3 is 0 Å². The minimum absolute atomic E-state index is 0.0558. The molecule has 0 bridgehead atoms. The molecule has 0 spiro atoms. The quantitative estimate of drug-likeness (QED) is 0.528. The second kappa shape index (κ2) is 5.63. The van der Waals surface area contributed by atoms with E-state index < -0.39 is 5.82 Å². The number of benzene rings is 1. The minimum Gasteiger partial charge on any atom is -0.233 e. The molecule has 0 aliphatic heterocycles. The smallest absolute Gasteiger partial charge is 0.152 e. The summed E-state index contributed by atoms with van der Waals surface area (Å²) < 4.78 is 15.2. The highest BCUT2D eigenvalue weighted by Crippen LogP contribution is 2.32. The second-order valence-corrected chi connectivity index (χ2v) is 5.61. The summed E-state index contributed by atoms with van der Waals surface area (Å²) in [7, 11) is 0. The van der Waals surface area contributed by atoms with Gasteiger partial charge in [0.15, 0.2) is 5.82 Å². The highest BCUT2D eigenvalue weighted by atomic mass is 79.9. The average Bonchev–Trinajstić information content (AvgIpc) is 2.35. The van der Waals surface area contributed by atoms with E-state index in [9.17, 15) is 4.39 Å². The number of hydrogen-bond donors (Lipinski definition) is 0. The maximum atomic E-state index is 14.1. The predicted octanol–water partition coefficient (Wildman–Crippen LogP) is 5.02. The van der Waals surface area contributed by atoms with Gasteiger partial charge in [-0.1, -0.05) is 18.5 Å². The van der Waals surface area contributed by atoms with Crippen molar-refractivity contribution in [1.29, 1.82) is 0 Å². The maximum absolute atomic E-state index is 14.1. The molecular weight excluding hydrogens is 386 g/mol. The Hall–Kier alpha value is -0.520. The molecule has 0 aliphatic carbocycles. The van der Waals surface area contributed by atoms with Crippen molar-refractivity contribution in [2.45, 2.75) is 13.3 Å². The zero-order valence-corrected chi connectivity index (χ0v) is 13.3. The van der Waals surface area contributed by atoms with Crippen LogP contribution in [0.5, 0.6) is 0 Å². The molecule has 1 aromatic heterocycles. The first-order chi connectivity index (χ1) is 8.52. The number of halogens is 4. The molecule has 0 saturated carbocycles. The van der Waals surface area contributed by atoms with Crippen LogP contribution in [0.4, 0.5) is 4.39 Å². The Labute approximate surface area is 126 Å². The zero-order chi connectivity index (χ0) is 13.3. The Morgan fingerprint density at radius 1 is 1.28 bits per heavy atom. The fourth-order valence-electron chi connectivity index (χ4n) is 1.48. The number of rotatable bonds is 2. The Morgan fingerprint density at radius 3 is 2.67 bits per heavy atom. The van der Waals surface area contributed by atoms with Crippen molar-refractivity contribution in [1.82, 2.24) is 9.97 Å². The lowest BCUT2D eigenvalue weighted by Gasteiger charge is -2.07. The van der Waals surface area contributed by atoms with Crippen LogP contribution in [0.25, 0.3) is 11.3 Å². The topological polar surface area (TPSA) is 25.8 Å². The third-order valence-corrected chi connectivity index (χ3v) is 4.03. The molecule has 0 amide bonds. The molecule has 1 heterocycles. The fraction of sp³-hybridized carbons (Fsp3) is 0.167. The van der Waals surface area contributed by atoms with Gasteiger partial charge in [0.05, 0.1) is 10.7 Å². The summed E-state index contributed by atoms with van der Waals surface area (Å²) in [5, 5.41) is 0.0558. The summed E-state index contributed by atoms with van der Waals surface area (Å²) >= 11 is 12.3. The van der Waals surface area contributed by atoms with Crippen LogP contribution >= 0.6 is 43.5 Å². The first kappa shape index (κ1) is 13.9. The lowest BCUT2D eigenvalue weighted by atomic mass is 10.1. The Bertz CT molecular complexity index is 605. The van der Waals surface area contributed by atoms with Crippen LogP contribution in [-0.4, -0.2) is 9.97 Å². The van der Waals surface area contributed by atoms with E-state index in [1.165, 1.54) is 0 Å². The van der Waals surface area contributed by atoms with Crippen molar-refractivity contribution in [3.63, 3.8) is 0 Å². The van der Waals surface area contributed by atoms with Crippen LogP contribution < -0.4 is 0 Å². The summed E-state index contributed by atoms with van der Waals surface area (Å²) in [6.07, 6.45) is 0.679. The van der Waals surface area contributed by atoms with Crippen molar-refractivity contribution < 1.29 is 4.39 Å². The van der Waals surface area contributed by atoms with E-state index in [1.54, 1.807) is 18.2 Å². The number of aryl methyl sites for hydroxylation is 1. The van der Waals surface area contributed by atoms with Crippen LogP contribution in [0, 0.1) is 5.82 Å². The third kappa shape index (κ3) is 2.73. The monoisotopic (exact) mass is 392 g/mol. The summed E-state index contributed by atoms with van der Waals surface area (Å²) in [5.41, 5.74) is 0.877. The molecule has 0 N–H and O–H groups in total. The molecule has 1 aromatic carbocycles. The van der Waals surface area contributed by atoms with Gasteiger partial charge in [-0.2, -0.15) is 0 Å². The highest BCUT2D eigenvalue weighted by Gasteiger charge is 2.14. The third-order valence-electron chi connectivity index (χ3n) is 2.37. The first-order valence-corrected chi connectivity index (χ1v) is 7.16. The standard InChI is InChI=1S/C12H8Br2ClFN2/c1-2-10-17-8(5-9(14)18-10)6-3-4-7(13)11(15)12(6)16/h3-5H,2H2,1H3. The van der Waals surface area contributed by atoms with Gasteiger partial charge in [-0.25, -0.2) is 14.4 Å². The fourth-order valence-corrected chi connectivity index (χ4v) is 2.38. The molecule has 0 saturated heterocycles. The molecule has 6 heteroatoms. The van der Waals surface area contributed by atoms with E-state index in [0.29, 0.717) is 32.6 Å². The summed E-state index contributed by atoms with van der Waals surface area (Å²) in [5.74, 6) is 0.163. The van der Waals surface area contributed by atoms with Crippen molar-refractivity contribution in [3.05, 3.63) is 43.9 Å². The Morgan fingerprint density at radius 2 is 2.00 bits per heavy atom. The molecule has 0 fully saturated rings.